The lowest BCUT2D eigenvalue weighted by molar-refractivity contribution is 0.288. The highest BCUT2D eigenvalue weighted by molar-refractivity contribution is 14.1. The summed E-state index contributed by atoms with van der Waals surface area (Å²) in [6, 6.07) is 5.79. The summed E-state index contributed by atoms with van der Waals surface area (Å²) in [4.78, 5) is 0. The molecule has 0 amide bonds. The molecule has 0 bridgehead atoms. The number of nitrogens with two attached hydrogens (primary N) is 1. The van der Waals surface area contributed by atoms with Crippen LogP contribution in [0.4, 0.5) is 5.82 Å². The highest BCUT2D eigenvalue weighted by Crippen LogP contribution is 2.34. The molecule has 2 rings (SSSR count). The van der Waals surface area contributed by atoms with E-state index in [0.29, 0.717) is 19.0 Å². The lowest BCUT2D eigenvalue weighted by Gasteiger charge is -2.12. The number of nitrogens with zero attached hydrogens (tertiary/aromatic N) is 1. The first-order chi connectivity index (χ1) is 9.17. The number of hydrogen-bond donors (Lipinski definition) is 2. The molecule has 0 spiro atoms. The predicted octanol–water partition coefficient (Wildman–Crippen LogP) is 3.06. The maximum Gasteiger partial charge on any atom is 0.161 e. The van der Waals surface area contributed by atoms with E-state index in [9.17, 15) is 0 Å². The van der Waals surface area contributed by atoms with Crippen LogP contribution in [0, 0.1) is 3.57 Å². The first kappa shape index (κ1) is 14.0. The quantitative estimate of drug-likeness (QED) is 0.791. The molecule has 0 aliphatic rings. The zero-order valence-corrected chi connectivity index (χ0v) is 13.0. The standard InChI is InChI=1S/C13H16IN3O2/c1-3-18-9-6-5-8(7-10(9)19-4-2)12-11(14)13(15)17-16-12/h5-7H,3-4H2,1-2H3,(H3,15,16,17). The van der Waals surface area contributed by atoms with Gasteiger partial charge in [0.25, 0.3) is 0 Å². The second-order valence-electron chi connectivity index (χ2n) is 3.83. The second-order valence-corrected chi connectivity index (χ2v) is 4.90. The van der Waals surface area contributed by atoms with Gasteiger partial charge in [0.05, 0.1) is 22.5 Å². The normalized spacial score (nSPS) is 10.5. The molecule has 2 aromatic rings. The van der Waals surface area contributed by atoms with Gasteiger partial charge in [-0.15, -0.1) is 0 Å². The van der Waals surface area contributed by atoms with E-state index in [1.807, 2.05) is 32.0 Å². The first-order valence-corrected chi connectivity index (χ1v) is 7.14. The Morgan fingerprint density at radius 3 is 2.47 bits per heavy atom. The van der Waals surface area contributed by atoms with Crippen molar-refractivity contribution in [2.75, 3.05) is 18.9 Å². The molecular weight excluding hydrogens is 357 g/mol. The zero-order valence-electron chi connectivity index (χ0n) is 10.9. The van der Waals surface area contributed by atoms with E-state index in [2.05, 4.69) is 32.8 Å². The van der Waals surface area contributed by atoms with Gasteiger partial charge in [0.15, 0.2) is 17.3 Å². The van der Waals surface area contributed by atoms with Crippen molar-refractivity contribution in [1.29, 1.82) is 0 Å². The maximum atomic E-state index is 5.75. The molecule has 1 aromatic carbocycles. The average Bonchev–Trinajstić information content (AvgIpc) is 2.73. The Kier molecular flexibility index (Phi) is 4.52. The van der Waals surface area contributed by atoms with Gasteiger partial charge in [-0.05, 0) is 54.6 Å². The van der Waals surface area contributed by atoms with E-state index in [4.69, 9.17) is 15.2 Å². The summed E-state index contributed by atoms with van der Waals surface area (Å²) >= 11 is 2.17. The third kappa shape index (κ3) is 2.94. The van der Waals surface area contributed by atoms with Crippen LogP contribution < -0.4 is 15.2 Å². The topological polar surface area (TPSA) is 73.2 Å². The molecule has 0 unspecified atom stereocenters. The van der Waals surface area contributed by atoms with E-state index in [0.717, 1.165) is 26.3 Å². The van der Waals surface area contributed by atoms with Gasteiger partial charge in [-0.25, -0.2) is 0 Å². The van der Waals surface area contributed by atoms with Crippen molar-refractivity contribution >= 4 is 28.4 Å². The minimum atomic E-state index is 0.502. The Morgan fingerprint density at radius 1 is 1.21 bits per heavy atom. The van der Waals surface area contributed by atoms with Crippen LogP contribution >= 0.6 is 22.6 Å². The number of halogens is 1. The third-order valence-corrected chi connectivity index (χ3v) is 3.66. The monoisotopic (exact) mass is 373 g/mol. The van der Waals surface area contributed by atoms with Crippen LogP contribution in [0.3, 0.4) is 0 Å². The Labute approximate surface area is 125 Å². The van der Waals surface area contributed by atoms with Crippen LogP contribution in [0.25, 0.3) is 11.3 Å². The summed E-state index contributed by atoms with van der Waals surface area (Å²) in [7, 11) is 0. The summed E-state index contributed by atoms with van der Waals surface area (Å²) in [5.41, 5.74) is 7.61. The molecule has 0 saturated heterocycles. The van der Waals surface area contributed by atoms with Crippen molar-refractivity contribution < 1.29 is 9.47 Å². The van der Waals surface area contributed by atoms with Gasteiger partial charge < -0.3 is 15.2 Å². The van der Waals surface area contributed by atoms with Crippen LogP contribution in [0.5, 0.6) is 11.5 Å². The number of hydrogen-bond acceptors (Lipinski definition) is 4. The van der Waals surface area contributed by atoms with E-state index < -0.39 is 0 Å². The number of anilines is 1. The van der Waals surface area contributed by atoms with Crippen molar-refractivity contribution in [3.8, 4) is 22.8 Å². The summed E-state index contributed by atoms with van der Waals surface area (Å²) in [6.45, 7) is 5.09. The smallest absolute Gasteiger partial charge is 0.161 e. The van der Waals surface area contributed by atoms with Crippen molar-refractivity contribution in [2.24, 2.45) is 0 Å². The Hall–Kier alpha value is -1.44. The SMILES string of the molecule is CCOc1ccc(-c2[nH]nc(N)c2I)cc1OCC. The Balaban J connectivity index is 2.42. The average molecular weight is 373 g/mol. The van der Waals surface area contributed by atoms with Crippen LogP contribution in [0.1, 0.15) is 13.8 Å². The number of benzene rings is 1. The minimum Gasteiger partial charge on any atom is -0.490 e. The largest absolute Gasteiger partial charge is 0.490 e. The Bertz CT molecular complexity index is 569. The summed E-state index contributed by atoms with van der Waals surface area (Å²) in [5, 5.41) is 6.93. The molecule has 0 aliphatic heterocycles. The summed E-state index contributed by atoms with van der Waals surface area (Å²) in [5.74, 6) is 1.98. The third-order valence-electron chi connectivity index (χ3n) is 2.56. The fraction of sp³-hybridized carbons (Fsp3) is 0.308. The van der Waals surface area contributed by atoms with E-state index in [-0.39, 0.29) is 0 Å². The predicted molar refractivity (Wildman–Crippen MR) is 83.5 cm³/mol. The van der Waals surface area contributed by atoms with Crippen LogP contribution in [0.2, 0.25) is 0 Å². The zero-order chi connectivity index (χ0) is 13.8. The van der Waals surface area contributed by atoms with Gasteiger partial charge in [-0.3, -0.25) is 5.10 Å². The Morgan fingerprint density at radius 2 is 1.89 bits per heavy atom. The van der Waals surface area contributed by atoms with Gasteiger partial charge >= 0.3 is 0 Å². The molecular formula is C13H16IN3O2. The molecule has 1 heterocycles. The van der Waals surface area contributed by atoms with Gasteiger partial charge in [0.1, 0.15) is 0 Å². The maximum absolute atomic E-state index is 5.75. The molecule has 0 aliphatic carbocycles. The number of nitrogens with one attached hydrogen (secondary N) is 1. The van der Waals surface area contributed by atoms with Crippen molar-refractivity contribution in [3.63, 3.8) is 0 Å². The number of aromatic nitrogens is 2. The van der Waals surface area contributed by atoms with Gasteiger partial charge in [0.2, 0.25) is 0 Å². The molecule has 5 nitrogen and oxygen atoms in total. The van der Waals surface area contributed by atoms with Crippen LogP contribution in [-0.2, 0) is 0 Å². The van der Waals surface area contributed by atoms with E-state index in [1.165, 1.54) is 0 Å². The van der Waals surface area contributed by atoms with E-state index >= 15 is 0 Å². The molecule has 0 atom stereocenters. The van der Waals surface area contributed by atoms with Crippen molar-refractivity contribution in [2.45, 2.75) is 13.8 Å². The van der Waals surface area contributed by atoms with Crippen molar-refractivity contribution in [3.05, 3.63) is 21.8 Å². The number of nitrogen functional groups attached to an aromatic ring is 1. The molecule has 3 N–H and O–H groups in total. The van der Waals surface area contributed by atoms with Gasteiger partial charge in [0, 0.05) is 5.56 Å². The number of ether oxygens (including phenoxy) is 2. The fourth-order valence-electron chi connectivity index (χ4n) is 1.74. The number of rotatable bonds is 5. The molecule has 102 valence electrons. The lowest BCUT2D eigenvalue weighted by atomic mass is 10.1. The molecule has 6 heteroatoms. The molecule has 19 heavy (non-hydrogen) atoms. The summed E-state index contributed by atoms with van der Waals surface area (Å²) < 4.78 is 12.1. The van der Waals surface area contributed by atoms with Crippen LogP contribution in [0.15, 0.2) is 18.2 Å². The highest BCUT2D eigenvalue weighted by Gasteiger charge is 2.13. The first-order valence-electron chi connectivity index (χ1n) is 6.06. The number of H-pyrrole nitrogens is 1. The second kappa shape index (κ2) is 6.14. The molecule has 1 aromatic heterocycles. The molecule has 0 fully saturated rings. The lowest BCUT2D eigenvalue weighted by Crippen LogP contribution is -1.98. The molecule has 0 radical (unpaired) electrons. The van der Waals surface area contributed by atoms with Crippen LogP contribution in [-0.4, -0.2) is 23.4 Å². The minimum absolute atomic E-state index is 0.502. The fourth-order valence-corrected chi connectivity index (χ4v) is 2.29. The summed E-state index contributed by atoms with van der Waals surface area (Å²) in [6.07, 6.45) is 0. The van der Waals surface area contributed by atoms with Crippen molar-refractivity contribution in [1.82, 2.24) is 10.2 Å². The number of aromatic amines is 1. The van der Waals surface area contributed by atoms with E-state index in [1.54, 1.807) is 0 Å². The highest BCUT2D eigenvalue weighted by atomic mass is 127. The van der Waals surface area contributed by atoms with Gasteiger partial charge in [-0.2, -0.15) is 5.10 Å². The van der Waals surface area contributed by atoms with Gasteiger partial charge in [-0.1, -0.05) is 0 Å². The molecule has 0 saturated carbocycles.